The fourth-order valence-electron chi connectivity index (χ4n) is 3.47. The molecular formula is C19H23BrO3. The zero-order valence-electron chi connectivity index (χ0n) is 13.5. The van der Waals surface area contributed by atoms with Gasteiger partial charge in [-0.1, -0.05) is 47.5 Å². The van der Waals surface area contributed by atoms with Crippen LogP contribution in [0.25, 0.3) is 0 Å². The Hall–Kier alpha value is -1.35. The van der Waals surface area contributed by atoms with E-state index in [2.05, 4.69) is 28.2 Å². The van der Waals surface area contributed by atoms with Gasteiger partial charge in [-0.05, 0) is 50.0 Å². The van der Waals surface area contributed by atoms with Gasteiger partial charge in [0.2, 0.25) is 0 Å². The minimum Gasteiger partial charge on any atom is -0.465 e. The molecule has 0 unspecified atom stereocenters. The molecule has 1 fully saturated rings. The predicted octanol–water partition coefficient (Wildman–Crippen LogP) is 4.19. The van der Waals surface area contributed by atoms with E-state index in [-0.39, 0.29) is 5.97 Å². The van der Waals surface area contributed by atoms with Crippen molar-refractivity contribution >= 4 is 21.9 Å². The van der Waals surface area contributed by atoms with Gasteiger partial charge in [-0.3, -0.25) is 4.79 Å². The van der Waals surface area contributed by atoms with Crippen LogP contribution in [0.1, 0.15) is 38.2 Å². The smallest absolute Gasteiger partial charge is 0.315 e. The summed E-state index contributed by atoms with van der Waals surface area (Å²) >= 11 is 3.42. The van der Waals surface area contributed by atoms with Crippen LogP contribution in [0.3, 0.4) is 0 Å². The molecule has 1 saturated carbocycles. The van der Waals surface area contributed by atoms with Crippen molar-refractivity contribution in [1.82, 2.24) is 0 Å². The zero-order valence-corrected chi connectivity index (χ0v) is 15.1. The van der Waals surface area contributed by atoms with E-state index in [0.717, 1.165) is 22.9 Å². The molecule has 0 radical (unpaired) electrons. The summed E-state index contributed by atoms with van der Waals surface area (Å²) < 4.78 is 6.33. The number of rotatable bonds is 5. The molecule has 1 aromatic rings. The lowest BCUT2D eigenvalue weighted by Gasteiger charge is -2.46. The molecule has 0 spiro atoms. The van der Waals surface area contributed by atoms with Crippen LogP contribution in [0, 0.1) is 5.41 Å². The Kier molecular flexibility index (Phi) is 5.85. The van der Waals surface area contributed by atoms with Crippen molar-refractivity contribution in [2.75, 3.05) is 6.61 Å². The molecule has 1 aliphatic carbocycles. The summed E-state index contributed by atoms with van der Waals surface area (Å²) in [5.41, 5.74) is 1.43. The Morgan fingerprint density at radius 1 is 1.39 bits per heavy atom. The van der Waals surface area contributed by atoms with Gasteiger partial charge in [-0.15, -0.1) is 5.73 Å². The van der Waals surface area contributed by atoms with Crippen molar-refractivity contribution in [2.24, 2.45) is 5.41 Å². The summed E-state index contributed by atoms with van der Waals surface area (Å²) in [4.78, 5) is 12.8. The molecule has 23 heavy (non-hydrogen) atoms. The minimum atomic E-state index is -1.27. The molecule has 2 rings (SSSR count). The number of ether oxygens (including phenoxy) is 1. The summed E-state index contributed by atoms with van der Waals surface area (Å²) in [6.07, 6.45) is 4.86. The lowest BCUT2D eigenvalue weighted by Crippen LogP contribution is -2.56. The summed E-state index contributed by atoms with van der Waals surface area (Å²) in [6, 6.07) is 7.83. The van der Waals surface area contributed by atoms with E-state index in [1.165, 1.54) is 0 Å². The van der Waals surface area contributed by atoms with Gasteiger partial charge >= 0.3 is 5.97 Å². The van der Waals surface area contributed by atoms with E-state index in [1.54, 1.807) is 13.0 Å². The maximum Gasteiger partial charge on any atom is 0.315 e. The van der Waals surface area contributed by atoms with Crippen LogP contribution in [-0.2, 0) is 16.0 Å². The first-order chi connectivity index (χ1) is 11.0. The summed E-state index contributed by atoms with van der Waals surface area (Å²) in [5, 5.41) is 11.2. The molecule has 0 aliphatic heterocycles. The average molecular weight is 379 g/mol. The lowest BCUT2D eigenvalue weighted by molar-refractivity contribution is -0.175. The zero-order chi connectivity index (χ0) is 16.9. The molecule has 124 valence electrons. The van der Waals surface area contributed by atoms with Crippen LogP contribution in [0.4, 0.5) is 0 Å². The predicted molar refractivity (Wildman–Crippen MR) is 94.0 cm³/mol. The van der Waals surface area contributed by atoms with Crippen LogP contribution in [0.2, 0.25) is 0 Å². The maximum atomic E-state index is 12.8. The molecule has 0 heterocycles. The van der Waals surface area contributed by atoms with Crippen LogP contribution in [0.15, 0.2) is 47.1 Å². The second-order valence-electron chi connectivity index (χ2n) is 6.09. The van der Waals surface area contributed by atoms with Crippen molar-refractivity contribution in [3.63, 3.8) is 0 Å². The van der Waals surface area contributed by atoms with E-state index in [4.69, 9.17) is 4.74 Å². The van der Waals surface area contributed by atoms with Gasteiger partial charge in [0, 0.05) is 4.47 Å². The second kappa shape index (κ2) is 7.48. The van der Waals surface area contributed by atoms with Crippen molar-refractivity contribution in [3.05, 3.63) is 52.7 Å². The minimum absolute atomic E-state index is 0.300. The van der Waals surface area contributed by atoms with Crippen molar-refractivity contribution < 1.29 is 14.6 Å². The van der Waals surface area contributed by atoms with E-state index in [0.29, 0.717) is 25.9 Å². The molecule has 1 aliphatic rings. The summed E-state index contributed by atoms with van der Waals surface area (Å²) in [5.74, 6) is -0.336. The number of aliphatic hydroxyl groups is 1. The van der Waals surface area contributed by atoms with Crippen LogP contribution >= 0.6 is 15.9 Å². The van der Waals surface area contributed by atoms with Gasteiger partial charge < -0.3 is 9.84 Å². The molecule has 1 N–H and O–H groups in total. The van der Waals surface area contributed by atoms with Gasteiger partial charge in [0.05, 0.1) is 6.61 Å². The van der Waals surface area contributed by atoms with Crippen molar-refractivity contribution in [1.29, 1.82) is 0 Å². The Labute approximate surface area is 146 Å². The quantitative estimate of drug-likeness (QED) is 0.617. The molecule has 0 bridgehead atoms. The number of hydrogen-bond donors (Lipinski definition) is 1. The van der Waals surface area contributed by atoms with Gasteiger partial charge in [-0.25, -0.2) is 0 Å². The first-order valence-corrected chi connectivity index (χ1v) is 8.78. The van der Waals surface area contributed by atoms with E-state index in [1.807, 2.05) is 24.3 Å². The molecule has 0 saturated heterocycles. The molecule has 0 aromatic heterocycles. The SMILES string of the molecule is C=C=C[C@@]1(O)CCCC[C@@]1(Cc1ccc(Br)cc1)C(=O)OCC. The number of halogens is 1. The first-order valence-electron chi connectivity index (χ1n) is 7.98. The third kappa shape index (κ3) is 3.60. The fraction of sp³-hybridized carbons (Fsp3) is 0.474. The Morgan fingerprint density at radius 2 is 2.04 bits per heavy atom. The Balaban J connectivity index is 2.47. The van der Waals surface area contributed by atoms with Gasteiger partial charge in [-0.2, -0.15) is 0 Å². The largest absolute Gasteiger partial charge is 0.465 e. The molecule has 2 atom stereocenters. The third-order valence-electron chi connectivity index (χ3n) is 4.67. The molecule has 0 amide bonds. The number of benzene rings is 1. The van der Waals surface area contributed by atoms with Crippen LogP contribution in [0.5, 0.6) is 0 Å². The molecular weight excluding hydrogens is 356 g/mol. The first kappa shape index (κ1) is 18.0. The standard InChI is InChI=1S/C19H23BrO3/c1-3-11-19(22)13-6-5-12-18(19,17(21)23-4-2)14-15-7-9-16(20)10-8-15/h7-11,22H,1,4-6,12-14H2,2H3/t18-,19-/m1/s1. The number of esters is 1. The molecule has 3 nitrogen and oxygen atoms in total. The van der Waals surface area contributed by atoms with Gasteiger partial charge in [0.1, 0.15) is 11.0 Å². The normalized spacial score (nSPS) is 27.1. The highest BCUT2D eigenvalue weighted by molar-refractivity contribution is 9.10. The number of carbonyl (C=O) groups excluding carboxylic acids is 1. The highest BCUT2D eigenvalue weighted by Gasteiger charge is 2.56. The Morgan fingerprint density at radius 3 is 2.65 bits per heavy atom. The van der Waals surface area contributed by atoms with Crippen molar-refractivity contribution in [2.45, 2.75) is 44.6 Å². The average Bonchev–Trinajstić information content (AvgIpc) is 2.52. The Bertz CT molecular complexity index is 604. The maximum absolute atomic E-state index is 12.8. The third-order valence-corrected chi connectivity index (χ3v) is 5.20. The highest BCUT2D eigenvalue weighted by atomic mass is 79.9. The van der Waals surface area contributed by atoms with Gasteiger partial charge in [0.15, 0.2) is 0 Å². The lowest BCUT2D eigenvalue weighted by atomic mass is 9.60. The second-order valence-corrected chi connectivity index (χ2v) is 7.00. The van der Waals surface area contributed by atoms with Crippen molar-refractivity contribution in [3.8, 4) is 0 Å². The van der Waals surface area contributed by atoms with Gasteiger partial charge in [0.25, 0.3) is 0 Å². The topological polar surface area (TPSA) is 46.5 Å². The van der Waals surface area contributed by atoms with Crippen LogP contribution in [-0.4, -0.2) is 23.3 Å². The molecule has 4 heteroatoms. The monoisotopic (exact) mass is 378 g/mol. The van der Waals surface area contributed by atoms with Crippen LogP contribution < -0.4 is 0 Å². The number of hydrogen-bond acceptors (Lipinski definition) is 3. The van der Waals surface area contributed by atoms with E-state index in [9.17, 15) is 9.90 Å². The number of carbonyl (C=O) groups is 1. The molecule has 1 aromatic carbocycles. The summed E-state index contributed by atoms with van der Waals surface area (Å²) in [6.45, 7) is 5.68. The van der Waals surface area contributed by atoms with E-state index >= 15 is 0 Å². The highest BCUT2D eigenvalue weighted by Crippen LogP contribution is 2.48. The van der Waals surface area contributed by atoms with E-state index < -0.39 is 11.0 Å². The summed E-state index contributed by atoms with van der Waals surface area (Å²) in [7, 11) is 0. The fourth-order valence-corrected chi connectivity index (χ4v) is 3.73.